The summed E-state index contributed by atoms with van der Waals surface area (Å²) in [6.45, 7) is 16.6. The van der Waals surface area contributed by atoms with Crippen molar-refractivity contribution in [3.05, 3.63) is 42.0 Å². The van der Waals surface area contributed by atoms with Gasteiger partial charge in [-0.2, -0.15) is 0 Å². The van der Waals surface area contributed by atoms with E-state index >= 15 is 0 Å². The Morgan fingerprint density at radius 1 is 0.923 bits per heavy atom. The molecule has 0 bridgehead atoms. The van der Waals surface area contributed by atoms with Crippen LogP contribution >= 0.6 is 0 Å². The molecule has 0 heterocycles. The molecule has 0 aliphatic heterocycles. The summed E-state index contributed by atoms with van der Waals surface area (Å²) < 4.78 is 27.2. The Balaban J connectivity index is 2.60. The van der Waals surface area contributed by atoms with Gasteiger partial charge in [0.25, 0.3) is 0 Å². The van der Waals surface area contributed by atoms with Crippen LogP contribution in [0.4, 0.5) is 0 Å². The molecule has 0 radical (unpaired) electrons. The van der Waals surface area contributed by atoms with E-state index in [0.717, 1.165) is 28.6 Å². The number of allylic oxidation sites excluding steroid dienone is 1. The summed E-state index contributed by atoms with van der Waals surface area (Å²) in [6.07, 6.45) is 5.17. The topological polar surface area (TPSA) is 46.2 Å². The molecule has 0 aromatic heterocycles. The Morgan fingerprint density at radius 3 is 1.88 bits per heavy atom. The van der Waals surface area contributed by atoms with Crippen LogP contribution in [0.15, 0.2) is 41.3 Å². The fourth-order valence-corrected chi connectivity index (χ4v) is 11.2. The van der Waals surface area contributed by atoms with Crippen LogP contribution < -0.4 is 4.72 Å². The summed E-state index contributed by atoms with van der Waals surface area (Å²) in [4.78, 5) is 0.331. The largest absolute Gasteiger partial charge is 0.240 e. The van der Waals surface area contributed by atoms with Gasteiger partial charge in [-0.05, 0) is 31.5 Å². The maximum absolute atomic E-state index is 12.3. The Labute approximate surface area is 162 Å². The number of hydrogen-bond donors (Lipinski definition) is 1. The minimum atomic E-state index is -3.41. The third-order valence-electron chi connectivity index (χ3n) is 5.80. The number of benzene rings is 1. The van der Waals surface area contributed by atoms with Crippen LogP contribution in [0.3, 0.4) is 0 Å². The molecule has 148 valence electrons. The number of sulfonamides is 1. The van der Waals surface area contributed by atoms with E-state index in [1.165, 1.54) is 6.04 Å². The van der Waals surface area contributed by atoms with Crippen molar-refractivity contribution in [2.75, 3.05) is 6.54 Å². The normalized spacial score (nSPS) is 13.5. The monoisotopic (exact) mass is 395 g/mol. The number of rotatable bonds is 10. The number of aryl methyl sites for hydroxylation is 1. The second-order valence-electron chi connectivity index (χ2n) is 8.25. The van der Waals surface area contributed by atoms with Gasteiger partial charge in [0.15, 0.2) is 0 Å². The summed E-state index contributed by atoms with van der Waals surface area (Å²) in [5, 5.41) is 0. The van der Waals surface area contributed by atoms with E-state index in [4.69, 9.17) is 0 Å². The first kappa shape index (κ1) is 23.1. The van der Waals surface area contributed by atoms with E-state index in [9.17, 15) is 8.42 Å². The standard InChI is InChI=1S/C21H37NO2SSi/c1-17(2)26(18(3)4,19(5)6)16-10-8-9-15-22-25(23,24)21-13-11-20(7)12-14-21/h8,10-14,17-19,22H,9,15-16H2,1-7H3/b10-8+. The van der Waals surface area contributed by atoms with Crippen LogP contribution in [0.25, 0.3) is 0 Å². The summed E-state index contributed by atoms with van der Waals surface area (Å²) in [5.74, 6) is 0. The van der Waals surface area contributed by atoms with E-state index in [1.807, 2.05) is 19.1 Å². The Hall–Kier alpha value is -0.913. The SMILES string of the molecule is Cc1ccc(S(=O)(=O)NCC/C=C/C[Si](C(C)C)(C(C)C)C(C)C)cc1. The molecule has 0 atom stereocenters. The van der Waals surface area contributed by atoms with Crippen molar-refractivity contribution < 1.29 is 8.42 Å². The third kappa shape index (κ3) is 5.79. The van der Waals surface area contributed by atoms with Gasteiger partial charge >= 0.3 is 0 Å². The molecule has 0 saturated heterocycles. The molecule has 5 heteroatoms. The summed E-state index contributed by atoms with van der Waals surface area (Å²) in [6, 6.07) is 8.12. The predicted molar refractivity (Wildman–Crippen MR) is 116 cm³/mol. The van der Waals surface area contributed by atoms with Gasteiger partial charge in [0.2, 0.25) is 10.0 Å². The molecule has 1 aromatic carbocycles. The fraction of sp³-hybridized carbons (Fsp3) is 0.619. The second kappa shape index (κ2) is 9.86. The van der Waals surface area contributed by atoms with Crippen molar-refractivity contribution in [1.29, 1.82) is 0 Å². The van der Waals surface area contributed by atoms with Gasteiger partial charge in [0.1, 0.15) is 0 Å². The maximum atomic E-state index is 12.3. The molecule has 26 heavy (non-hydrogen) atoms. The highest BCUT2D eigenvalue weighted by Crippen LogP contribution is 2.44. The van der Waals surface area contributed by atoms with Gasteiger partial charge in [0.05, 0.1) is 13.0 Å². The van der Waals surface area contributed by atoms with Crippen LogP contribution in [0.5, 0.6) is 0 Å². The Kier molecular flexibility index (Phi) is 8.77. The molecule has 3 nitrogen and oxygen atoms in total. The lowest BCUT2D eigenvalue weighted by Crippen LogP contribution is -2.43. The quantitative estimate of drug-likeness (QED) is 0.304. The molecule has 0 amide bonds. The zero-order valence-corrected chi connectivity index (χ0v) is 19.4. The molecule has 0 saturated carbocycles. The molecule has 1 aromatic rings. The molecule has 1 N–H and O–H groups in total. The van der Waals surface area contributed by atoms with Crippen molar-refractivity contribution >= 4 is 18.1 Å². The molecule has 0 spiro atoms. The van der Waals surface area contributed by atoms with Crippen molar-refractivity contribution in [3.8, 4) is 0 Å². The highest BCUT2D eigenvalue weighted by molar-refractivity contribution is 7.89. The first-order chi connectivity index (χ1) is 12.0. The second-order valence-corrected chi connectivity index (χ2v) is 16.1. The summed E-state index contributed by atoms with van der Waals surface area (Å²) in [5.41, 5.74) is 3.28. The van der Waals surface area contributed by atoms with E-state index in [-0.39, 0.29) is 0 Å². The maximum Gasteiger partial charge on any atom is 0.240 e. The molecule has 0 aliphatic carbocycles. The van der Waals surface area contributed by atoms with Gasteiger partial charge in [-0.15, -0.1) is 0 Å². The first-order valence-corrected chi connectivity index (χ1v) is 13.7. The van der Waals surface area contributed by atoms with Crippen LogP contribution in [-0.2, 0) is 10.0 Å². The molecule has 1 rings (SSSR count). The highest BCUT2D eigenvalue weighted by Gasteiger charge is 2.41. The van der Waals surface area contributed by atoms with Crippen LogP contribution in [-0.4, -0.2) is 23.0 Å². The average molecular weight is 396 g/mol. The van der Waals surface area contributed by atoms with Crippen molar-refractivity contribution in [2.45, 2.75) is 82.5 Å². The minimum Gasteiger partial charge on any atom is -0.211 e. The smallest absolute Gasteiger partial charge is 0.211 e. The van der Waals surface area contributed by atoms with Gasteiger partial charge in [0, 0.05) is 6.54 Å². The minimum absolute atomic E-state index is 0.331. The highest BCUT2D eigenvalue weighted by atomic mass is 32.2. The van der Waals surface area contributed by atoms with Gasteiger partial charge in [-0.25, -0.2) is 13.1 Å². The van der Waals surface area contributed by atoms with E-state index in [2.05, 4.69) is 58.4 Å². The average Bonchev–Trinajstić information content (AvgIpc) is 2.53. The molecular weight excluding hydrogens is 358 g/mol. The van der Waals surface area contributed by atoms with Gasteiger partial charge < -0.3 is 0 Å². The predicted octanol–water partition coefficient (Wildman–Crippen LogP) is 5.90. The zero-order chi connectivity index (χ0) is 20.0. The van der Waals surface area contributed by atoms with Crippen molar-refractivity contribution in [1.82, 2.24) is 4.72 Å². The van der Waals surface area contributed by atoms with E-state index < -0.39 is 18.1 Å². The molecule has 0 unspecified atom stereocenters. The van der Waals surface area contributed by atoms with Crippen molar-refractivity contribution in [2.24, 2.45) is 0 Å². The first-order valence-electron chi connectivity index (χ1n) is 9.75. The summed E-state index contributed by atoms with van der Waals surface area (Å²) >= 11 is 0. The van der Waals surface area contributed by atoms with Gasteiger partial charge in [-0.3, -0.25) is 0 Å². The third-order valence-corrected chi connectivity index (χ3v) is 14.7. The van der Waals surface area contributed by atoms with Crippen molar-refractivity contribution in [3.63, 3.8) is 0 Å². The summed E-state index contributed by atoms with van der Waals surface area (Å²) in [7, 11) is -4.82. The Morgan fingerprint density at radius 2 is 1.42 bits per heavy atom. The fourth-order valence-electron chi connectivity index (χ4n) is 4.19. The lowest BCUT2D eigenvalue weighted by Gasteiger charge is -2.42. The van der Waals surface area contributed by atoms with Crippen LogP contribution in [0.1, 0.15) is 53.5 Å². The van der Waals surface area contributed by atoms with Crippen LogP contribution in [0.2, 0.25) is 22.7 Å². The van der Waals surface area contributed by atoms with E-state index in [1.54, 1.807) is 12.1 Å². The molecule has 0 aliphatic rings. The van der Waals surface area contributed by atoms with Gasteiger partial charge in [-0.1, -0.05) is 88.0 Å². The lowest BCUT2D eigenvalue weighted by molar-refractivity contribution is 0.582. The lowest BCUT2D eigenvalue weighted by atomic mass is 10.2. The van der Waals surface area contributed by atoms with Crippen LogP contribution in [0, 0.1) is 6.92 Å². The molecular formula is C21H37NO2SSi. The molecule has 0 fully saturated rings. The Bertz CT molecular complexity index is 655. The number of hydrogen-bond acceptors (Lipinski definition) is 2. The zero-order valence-electron chi connectivity index (χ0n) is 17.5. The number of nitrogens with one attached hydrogen (secondary N) is 1. The van der Waals surface area contributed by atoms with E-state index in [0.29, 0.717) is 11.4 Å².